The van der Waals surface area contributed by atoms with Gasteiger partial charge in [0.25, 0.3) is 0 Å². The summed E-state index contributed by atoms with van der Waals surface area (Å²) in [5.74, 6) is 0.685. The third-order valence-electron chi connectivity index (χ3n) is 3.59. The second-order valence-electron chi connectivity index (χ2n) is 5.46. The van der Waals surface area contributed by atoms with Crippen LogP contribution in [0, 0.1) is 6.92 Å². The zero-order chi connectivity index (χ0) is 18.0. The molecule has 0 saturated heterocycles. The molecular weight excluding hydrogens is 333 g/mol. The van der Waals surface area contributed by atoms with Crippen molar-refractivity contribution in [1.82, 2.24) is 19.5 Å². The lowest BCUT2D eigenvalue weighted by Gasteiger charge is -2.11. The van der Waals surface area contributed by atoms with Crippen LogP contribution in [0.4, 0.5) is 13.2 Å². The number of benzene rings is 1. The van der Waals surface area contributed by atoms with Crippen molar-refractivity contribution in [2.24, 2.45) is 0 Å². The van der Waals surface area contributed by atoms with Gasteiger partial charge in [-0.3, -0.25) is 0 Å². The van der Waals surface area contributed by atoms with Crippen LogP contribution in [0.25, 0.3) is 5.69 Å². The fourth-order valence-corrected chi connectivity index (χ4v) is 2.42. The van der Waals surface area contributed by atoms with Gasteiger partial charge in [-0.15, -0.1) is 0 Å². The van der Waals surface area contributed by atoms with Gasteiger partial charge in [0.15, 0.2) is 0 Å². The van der Waals surface area contributed by atoms with E-state index in [-0.39, 0.29) is 12.2 Å². The van der Waals surface area contributed by atoms with E-state index in [2.05, 4.69) is 15.0 Å². The molecule has 0 atom stereocenters. The van der Waals surface area contributed by atoms with Gasteiger partial charge in [0.05, 0.1) is 24.8 Å². The van der Waals surface area contributed by atoms with Crippen molar-refractivity contribution in [2.75, 3.05) is 7.11 Å². The largest absolute Gasteiger partial charge is 0.495 e. The monoisotopic (exact) mass is 348 g/mol. The quantitative estimate of drug-likeness (QED) is 0.723. The number of aryl methyl sites for hydroxylation is 1. The van der Waals surface area contributed by atoms with Crippen LogP contribution in [-0.4, -0.2) is 26.6 Å². The number of hydrogen-bond donors (Lipinski definition) is 0. The summed E-state index contributed by atoms with van der Waals surface area (Å²) in [6.07, 6.45) is 0.323. The van der Waals surface area contributed by atoms with Crippen molar-refractivity contribution < 1.29 is 17.9 Å². The first-order chi connectivity index (χ1) is 11.9. The van der Waals surface area contributed by atoms with Gasteiger partial charge < -0.3 is 9.30 Å². The minimum absolute atomic E-state index is 0.100. The van der Waals surface area contributed by atoms with E-state index in [9.17, 15) is 13.2 Å². The minimum Gasteiger partial charge on any atom is -0.495 e. The Balaban J connectivity index is 1.89. The number of methoxy groups -OCH3 is 1. The van der Waals surface area contributed by atoms with Crippen LogP contribution in [0.5, 0.6) is 5.75 Å². The highest BCUT2D eigenvalue weighted by molar-refractivity contribution is 5.49. The maximum absolute atomic E-state index is 12.7. The molecule has 0 bridgehead atoms. The summed E-state index contributed by atoms with van der Waals surface area (Å²) >= 11 is 0. The SMILES string of the molecule is COc1cc(Cc2nccc(C(F)(F)F)n2)ccc1-n1cnc(C)c1. The number of halogens is 3. The van der Waals surface area contributed by atoms with Crippen molar-refractivity contribution in [3.05, 3.63) is 65.8 Å². The standard InChI is InChI=1S/C17H15F3N4O/c1-11-9-24(10-22-11)13-4-3-12(7-14(13)25-2)8-16-21-6-5-15(23-16)17(18,19)20/h3-7,9-10H,8H2,1-2H3. The number of nitrogens with zero attached hydrogens (tertiary/aromatic N) is 4. The molecule has 0 amide bonds. The van der Waals surface area contributed by atoms with E-state index >= 15 is 0 Å². The Hall–Kier alpha value is -2.90. The summed E-state index contributed by atoms with van der Waals surface area (Å²) in [6, 6.07) is 6.24. The van der Waals surface area contributed by atoms with Crippen LogP contribution in [0.2, 0.25) is 0 Å². The third kappa shape index (κ3) is 3.78. The van der Waals surface area contributed by atoms with Crippen molar-refractivity contribution >= 4 is 0 Å². The fourth-order valence-electron chi connectivity index (χ4n) is 2.42. The molecule has 0 aliphatic heterocycles. The van der Waals surface area contributed by atoms with Gasteiger partial charge in [-0.25, -0.2) is 15.0 Å². The number of alkyl halides is 3. The maximum Gasteiger partial charge on any atom is 0.433 e. The second kappa shape index (κ2) is 6.54. The number of rotatable bonds is 4. The molecule has 8 heteroatoms. The first-order valence-electron chi connectivity index (χ1n) is 7.44. The lowest BCUT2D eigenvalue weighted by Crippen LogP contribution is -2.10. The van der Waals surface area contributed by atoms with Gasteiger partial charge in [-0.2, -0.15) is 13.2 Å². The number of ether oxygens (including phenoxy) is 1. The van der Waals surface area contributed by atoms with Gasteiger partial charge in [0.1, 0.15) is 17.3 Å². The topological polar surface area (TPSA) is 52.8 Å². The smallest absolute Gasteiger partial charge is 0.433 e. The Bertz CT molecular complexity index is 890. The van der Waals surface area contributed by atoms with Gasteiger partial charge in [0.2, 0.25) is 0 Å². The lowest BCUT2D eigenvalue weighted by atomic mass is 10.1. The van der Waals surface area contributed by atoms with Gasteiger partial charge in [-0.1, -0.05) is 6.07 Å². The first kappa shape index (κ1) is 16.9. The van der Waals surface area contributed by atoms with Crippen LogP contribution >= 0.6 is 0 Å². The summed E-state index contributed by atoms with van der Waals surface area (Å²) in [4.78, 5) is 11.7. The van der Waals surface area contributed by atoms with Gasteiger partial charge in [0, 0.05) is 18.8 Å². The van der Waals surface area contributed by atoms with Crippen molar-refractivity contribution in [3.63, 3.8) is 0 Å². The molecule has 130 valence electrons. The second-order valence-corrected chi connectivity index (χ2v) is 5.46. The minimum atomic E-state index is -4.49. The summed E-state index contributed by atoms with van der Waals surface area (Å²) < 4.78 is 45.5. The van der Waals surface area contributed by atoms with E-state index in [1.165, 1.54) is 7.11 Å². The van der Waals surface area contributed by atoms with E-state index in [1.807, 2.05) is 23.8 Å². The van der Waals surface area contributed by atoms with E-state index < -0.39 is 11.9 Å². The van der Waals surface area contributed by atoms with Gasteiger partial charge >= 0.3 is 6.18 Å². The number of imidazole rings is 1. The molecule has 2 heterocycles. The Morgan fingerprint density at radius 3 is 2.60 bits per heavy atom. The number of hydrogen-bond acceptors (Lipinski definition) is 4. The van der Waals surface area contributed by atoms with Crippen molar-refractivity contribution in [2.45, 2.75) is 19.5 Å². The molecule has 0 saturated carbocycles. The normalized spacial score (nSPS) is 11.6. The Morgan fingerprint density at radius 2 is 1.96 bits per heavy atom. The van der Waals surface area contributed by atoms with Crippen molar-refractivity contribution in [3.8, 4) is 11.4 Å². The predicted molar refractivity (Wildman–Crippen MR) is 84.7 cm³/mol. The highest BCUT2D eigenvalue weighted by atomic mass is 19.4. The maximum atomic E-state index is 12.7. The Morgan fingerprint density at radius 1 is 1.16 bits per heavy atom. The van der Waals surface area contributed by atoms with Crippen LogP contribution in [0.15, 0.2) is 43.0 Å². The van der Waals surface area contributed by atoms with Crippen LogP contribution in [-0.2, 0) is 12.6 Å². The van der Waals surface area contributed by atoms with Gasteiger partial charge in [-0.05, 0) is 30.7 Å². The molecule has 0 unspecified atom stereocenters. The van der Waals surface area contributed by atoms with E-state index in [4.69, 9.17) is 4.74 Å². The average molecular weight is 348 g/mol. The molecule has 0 spiro atoms. The summed E-state index contributed by atoms with van der Waals surface area (Å²) in [5, 5.41) is 0. The first-order valence-corrected chi connectivity index (χ1v) is 7.44. The highest BCUT2D eigenvalue weighted by Crippen LogP contribution is 2.28. The lowest BCUT2D eigenvalue weighted by molar-refractivity contribution is -0.141. The molecule has 5 nitrogen and oxygen atoms in total. The zero-order valence-electron chi connectivity index (χ0n) is 13.6. The van der Waals surface area contributed by atoms with Crippen molar-refractivity contribution in [1.29, 1.82) is 0 Å². The Labute approximate surface area is 142 Å². The van der Waals surface area contributed by atoms with Crippen LogP contribution in [0.1, 0.15) is 22.8 Å². The van der Waals surface area contributed by atoms with E-state index in [0.29, 0.717) is 5.75 Å². The zero-order valence-corrected chi connectivity index (χ0v) is 13.6. The summed E-state index contributed by atoms with van der Waals surface area (Å²) in [5.41, 5.74) is 1.45. The molecule has 3 aromatic rings. The third-order valence-corrected chi connectivity index (χ3v) is 3.59. The van der Waals surface area contributed by atoms with E-state index in [1.54, 1.807) is 18.5 Å². The number of aromatic nitrogens is 4. The summed E-state index contributed by atoms with van der Waals surface area (Å²) in [6.45, 7) is 1.88. The molecule has 2 aromatic heterocycles. The molecule has 0 N–H and O–H groups in total. The fraction of sp³-hybridized carbons (Fsp3) is 0.235. The molecule has 0 aliphatic rings. The summed E-state index contributed by atoms with van der Waals surface area (Å²) in [7, 11) is 1.53. The average Bonchev–Trinajstić information content (AvgIpc) is 3.00. The molecule has 1 aromatic carbocycles. The predicted octanol–water partition coefficient (Wildman–Crippen LogP) is 3.59. The molecule has 0 aliphatic carbocycles. The molecule has 0 radical (unpaired) electrons. The van der Waals surface area contributed by atoms with Crippen LogP contribution < -0.4 is 4.74 Å². The van der Waals surface area contributed by atoms with E-state index in [0.717, 1.165) is 29.2 Å². The highest BCUT2D eigenvalue weighted by Gasteiger charge is 2.32. The molecule has 0 fully saturated rings. The van der Waals surface area contributed by atoms with Crippen LogP contribution in [0.3, 0.4) is 0 Å². The Kier molecular flexibility index (Phi) is 4.43. The molecule has 3 rings (SSSR count). The molecule has 25 heavy (non-hydrogen) atoms. The molecular formula is C17H15F3N4O.